The van der Waals surface area contributed by atoms with Crippen molar-refractivity contribution in [2.75, 3.05) is 6.61 Å². The Hall–Kier alpha value is -1.06. The van der Waals surface area contributed by atoms with Gasteiger partial charge in [0.25, 0.3) is 0 Å². The lowest BCUT2D eigenvalue weighted by Gasteiger charge is -2.44. The molecule has 1 aromatic carbocycles. The van der Waals surface area contributed by atoms with Crippen molar-refractivity contribution in [2.24, 2.45) is 5.73 Å². The second kappa shape index (κ2) is 4.67. The minimum atomic E-state index is -0.556. The highest BCUT2D eigenvalue weighted by Gasteiger charge is 2.51. The van der Waals surface area contributed by atoms with E-state index in [0.717, 1.165) is 5.56 Å². The molecule has 2 N–H and O–H groups in total. The van der Waals surface area contributed by atoms with E-state index in [2.05, 4.69) is 0 Å². The summed E-state index contributed by atoms with van der Waals surface area (Å²) in [5.74, 6) is -0.177. The fraction of sp³-hybridized carbons (Fsp3) is 0.462. The molecule has 4 heteroatoms. The standard InChI is InChI=1S/C13H16ClNO2/c1-2-17-12(16)13(7-11(15)8-13)9-3-5-10(14)6-4-9/h3-6,11H,2,7-8,15H2,1H3. The highest BCUT2D eigenvalue weighted by atomic mass is 35.5. The van der Waals surface area contributed by atoms with E-state index in [9.17, 15) is 4.79 Å². The number of rotatable bonds is 3. The van der Waals surface area contributed by atoms with Crippen LogP contribution in [-0.4, -0.2) is 18.6 Å². The van der Waals surface area contributed by atoms with Crippen molar-refractivity contribution in [1.29, 1.82) is 0 Å². The van der Waals surface area contributed by atoms with Gasteiger partial charge in [-0.1, -0.05) is 23.7 Å². The first-order valence-corrected chi connectivity index (χ1v) is 6.15. The van der Waals surface area contributed by atoms with Crippen molar-refractivity contribution in [3.63, 3.8) is 0 Å². The zero-order valence-corrected chi connectivity index (χ0v) is 10.5. The smallest absolute Gasteiger partial charge is 0.316 e. The molecule has 0 unspecified atom stereocenters. The van der Waals surface area contributed by atoms with Crippen LogP contribution in [0.1, 0.15) is 25.3 Å². The van der Waals surface area contributed by atoms with Gasteiger partial charge in [0, 0.05) is 11.1 Å². The molecule has 0 bridgehead atoms. The van der Waals surface area contributed by atoms with Crippen LogP contribution in [0.15, 0.2) is 24.3 Å². The van der Waals surface area contributed by atoms with Crippen LogP contribution in [-0.2, 0) is 14.9 Å². The molecule has 0 saturated heterocycles. The van der Waals surface area contributed by atoms with Crippen LogP contribution >= 0.6 is 11.6 Å². The van der Waals surface area contributed by atoms with E-state index in [1.807, 2.05) is 19.1 Å². The van der Waals surface area contributed by atoms with Crippen LogP contribution < -0.4 is 5.73 Å². The fourth-order valence-corrected chi connectivity index (χ4v) is 2.52. The second-order valence-electron chi connectivity index (χ2n) is 4.48. The number of carbonyl (C=O) groups excluding carboxylic acids is 1. The Labute approximate surface area is 106 Å². The number of ether oxygens (including phenoxy) is 1. The van der Waals surface area contributed by atoms with Gasteiger partial charge >= 0.3 is 5.97 Å². The van der Waals surface area contributed by atoms with Crippen LogP contribution in [0.4, 0.5) is 0 Å². The maximum absolute atomic E-state index is 12.1. The van der Waals surface area contributed by atoms with Gasteiger partial charge in [-0.3, -0.25) is 4.79 Å². The summed E-state index contributed by atoms with van der Waals surface area (Å²) in [4.78, 5) is 12.1. The lowest BCUT2D eigenvalue weighted by molar-refractivity contribution is -0.154. The zero-order chi connectivity index (χ0) is 12.5. The lowest BCUT2D eigenvalue weighted by atomic mass is 9.62. The molecule has 92 valence electrons. The Bertz CT molecular complexity index is 410. The van der Waals surface area contributed by atoms with Crippen molar-refractivity contribution in [3.8, 4) is 0 Å². The first kappa shape index (κ1) is 12.4. The van der Waals surface area contributed by atoms with Crippen LogP contribution in [0.5, 0.6) is 0 Å². The SMILES string of the molecule is CCOC(=O)C1(c2ccc(Cl)cc2)CC(N)C1. The van der Waals surface area contributed by atoms with Gasteiger partial charge in [0.1, 0.15) is 0 Å². The third-order valence-corrected chi connectivity index (χ3v) is 3.54. The van der Waals surface area contributed by atoms with Gasteiger partial charge in [0.2, 0.25) is 0 Å². The summed E-state index contributed by atoms with van der Waals surface area (Å²) in [6.07, 6.45) is 1.29. The molecule has 1 aliphatic rings. The highest BCUT2D eigenvalue weighted by Crippen LogP contribution is 2.44. The van der Waals surface area contributed by atoms with Gasteiger partial charge in [0.05, 0.1) is 12.0 Å². The van der Waals surface area contributed by atoms with Gasteiger partial charge in [-0.05, 0) is 37.5 Å². The van der Waals surface area contributed by atoms with E-state index in [1.165, 1.54) is 0 Å². The molecular weight excluding hydrogens is 238 g/mol. The predicted octanol–water partition coefficient (Wildman–Crippen LogP) is 2.26. The maximum Gasteiger partial charge on any atom is 0.316 e. The summed E-state index contributed by atoms with van der Waals surface area (Å²) in [5, 5.41) is 0.663. The average Bonchev–Trinajstić information content (AvgIpc) is 2.26. The molecule has 17 heavy (non-hydrogen) atoms. The van der Waals surface area contributed by atoms with E-state index in [1.54, 1.807) is 12.1 Å². The Morgan fingerprint density at radius 2 is 2.06 bits per heavy atom. The lowest BCUT2D eigenvalue weighted by Crippen LogP contribution is -2.54. The van der Waals surface area contributed by atoms with Gasteiger partial charge in [-0.15, -0.1) is 0 Å². The number of halogens is 1. The fourth-order valence-electron chi connectivity index (χ4n) is 2.39. The van der Waals surface area contributed by atoms with Crippen LogP contribution in [0.25, 0.3) is 0 Å². The van der Waals surface area contributed by atoms with Crippen molar-refractivity contribution < 1.29 is 9.53 Å². The number of hydrogen-bond acceptors (Lipinski definition) is 3. The molecule has 0 aliphatic heterocycles. The van der Waals surface area contributed by atoms with Crippen LogP contribution in [0, 0.1) is 0 Å². The molecule has 1 fully saturated rings. The van der Waals surface area contributed by atoms with Crippen molar-refractivity contribution in [3.05, 3.63) is 34.9 Å². The summed E-state index contributed by atoms with van der Waals surface area (Å²) in [6, 6.07) is 7.43. The monoisotopic (exact) mass is 253 g/mol. The summed E-state index contributed by atoms with van der Waals surface area (Å²) in [5.41, 5.74) is 6.21. The average molecular weight is 254 g/mol. The summed E-state index contributed by atoms with van der Waals surface area (Å²) in [7, 11) is 0. The molecule has 0 amide bonds. The van der Waals surface area contributed by atoms with Crippen LogP contribution in [0.2, 0.25) is 5.02 Å². The Balaban J connectivity index is 2.29. The molecule has 0 heterocycles. The predicted molar refractivity (Wildman–Crippen MR) is 67.0 cm³/mol. The molecule has 0 spiro atoms. The Morgan fingerprint density at radius 1 is 1.47 bits per heavy atom. The minimum Gasteiger partial charge on any atom is -0.465 e. The zero-order valence-electron chi connectivity index (χ0n) is 9.78. The molecule has 0 atom stereocenters. The Morgan fingerprint density at radius 3 is 2.53 bits per heavy atom. The largest absolute Gasteiger partial charge is 0.465 e. The first-order valence-electron chi connectivity index (χ1n) is 5.77. The van der Waals surface area contributed by atoms with E-state index >= 15 is 0 Å². The van der Waals surface area contributed by atoms with Gasteiger partial charge in [-0.2, -0.15) is 0 Å². The first-order chi connectivity index (χ1) is 8.08. The van der Waals surface area contributed by atoms with E-state index in [4.69, 9.17) is 22.1 Å². The van der Waals surface area contributed by atoms with Crippen molar-refractivity contribution >= 4 is 17.6 Å². The number of carbonyl (C=O) groups is 1. The minimum absolute atomic E-state index is 0.0788. The number of benzene rings is 1. The second-order valence-corrected chi connectivity index (χ2v) is 4.91. The molecule has 1 saturated carbocycles. The van der Waals surface area contributed by atoms with Gasteiger partial charge < -0.3 is 10.5 Å². The molecule has 2 rings (SSSR count). The van der Waals surface area contributed by atoms with Crippen LogP contribution in [0.3, 0.4) is 0 Å². The molecule has 1 aliphatic carbocycles. The molecular formula is C13H16ClNO2. The normalized spacial score (nSPS) is 27.4. The summed E-state index contributed by atoms with van der Waals surface area (Å²) < 4.78 is 5.15. The van der Waals surface area contributed by atoms with Crippen molar-refractivity contribution in [2.45, 2.75) is 31.2 Å². The summed E-state index contributed by atoms with van der Waals surface area (Å²) in [6.45, 7) is 2.20. The van der Waals surface area contributed by atoms with Gasteiger partial charge in [-0.25, -0.2) is 0 Å². The Kier molecular flexibility index (Phi) is 3.40. The van der Waals surface area contributed by atoms with E-state index < -0.39 is 5.41 Å². The molecule has 1 aromatic rings. The third-order valence-electron chi connectivity index (χ3n) is 3.28. The maximum atomic E-state index is 12.1. The quantitative estimate of drug-likeness (QED) is 0.841. The molecule has 0 radical (unpaired) electrons. The number of esters is 1. The number of hydrogen-bond donors (Lipinski definition) is 1. The summed E-state index contributed by atoms with van der Waals surface area (Å²) >= 11 is 5.85. The van der Waals surface area contributed by atoms with E-state index in [0.29, 0.717) is 24.5 Å². The van der Waals surface area contributed by atoms with Crippen molar-refractivity contribution in [1.82, 2.24) is 0 Å². The molecule has 0 aromatic heterocycles. The molecule has 3 nitrogen and oxygen atoms in total. The van der Waals surface area contributed by atoms with Gasteiger partial charge in [0.15, 0.2) is 0 Å². The third kappa shape index (κ3) is 2.17. The highest BCUT2D eigenvalue weighted by molar-refractivity contribution is 6.30. The van der Waals surface area contributed by atoms with E-state index in [-0.39, 0.29) is 12.0 Å². The number of nitrogens with two attached hydrogens (primary N) is 1. The topological polar surface area (TPSA) is 52.3 Å².